The van der Waals surface area contributed by atoms with Crippen molar-refractivity contribution in [3.05, 3.63) is 33.1 Å². The van der Waals surface area contributed by atoms with Crippen LogP contribution in [0.25, 0.3) is 0 Å². The van der Waals surface area contributed by atoms with E-state index in [9.17, 15) is 18.9 Å². The molecule has 0 aliphatic heterocycles. The van der Waals surface area contributed by atoms with Crippen molar-refractivity contribution in [3.8, 4) is 0 Å². The number of hydrogen-bond donors (Lipinski definition) is 1. The highest BCUT2D eigenvalue weighted by Gasteiger charge is 2.28. The van der Waals surface area contributed by atoms with Crippen molar-refractivity contribution in [1.82, 2.24) is 4.98 Å². The molecule has 0 fully saturated rings. The zero-order valence-corrected chi connectivity index (χ0v) is 7.78. The molecule has 15 heavy (non-hydrogen) atoms. The normalized spacial score (nSPS) is 10.7. The molecule has 1 rings (SSSR count). The summed E-state index contributed by atoms with van der Waals surface area (Å²) in [5.41, 5.74) is -1.79. The summed E-state index contributed by atoms with van der Waals surface area (Å²) in [5, 5.41) is 19.3. The van der Waals surface area contributed by atoms with Gasteiger partial charge in [-0.25, -0.2) is 8.78 Å². The van der Waals surface area contributed by atoms with Crippen LogP contribution in [-0.4, -0.2) is 15.0 Å². The van der Waals surface area contributed by atoms with Crippen LogP contribution in [0, 0.1) is 17.0 Å². The number of aryl methyl sites for hydroxylation is 1. The van der Waals surface area contributed by atoms with Gasteiger partial charge in [-0.15, -0.1) is 0 Å². The quantitative estimate of drug-likeness (QED) is 0.619. The lowest BCUT2D eigenvalue weighted by Gasteiger charge is -2.07. The van der Waals surface area contributed by atoms with Gasteiger partial charge in [-0.3, -0.25) is 15.1 Å². The minimum absolute atomic E-state index is 0.0360. The average molecular weight is 218 g/mol. The Hall–Kier alpha value is -1.63. The topological polar surface area (TPSA) is 76.3 Å². The summed E-state index contributed by atoms with van der Waals surface area (Å²) in [7, 11) is 0. The second-order valence-electron chi connectivity index (χ2n) is 2.87. The molecule has 1 aromatic heterocycles. The Morgan fingerprint density at radius 3 is 2.67 bits per heavy atom. The molecule has 0 unspecified atom stereocenters. The van der Waals surface area contributed by atoms with E-state index in [0.29, 0.717) is 0 Å². The molecular weight excluding hydrogens is 210 g/mol. The SMILES string of the molecule is Cc1cnc(CO)c([N+](=O)[O-])c1C(F)F. The van der Waals surface area contributed by atoms with Gasteiger partial charge in [0.25, 0.3) is 6.43 Å². The first-order chi connectivity index (χ1) is 6.99. The van der Waals surface area contributed by atoms with E-state index in [1.54, 1.807) is 0 Å². The molecule has 0 aliphatic rings. The third-order valence-corrected chi connectivity index (χ3v) is 1.92. The zero-order valence-electron chi connectivity index (χ0n) is 7.78. The van der Waals surface area contributed by atoms with Crippen LogP contribution in [0.5, 0.6) is 0 Å². The molecule has 0 atom stereocenters. The molecule has 1 aromatic rings. The summed E-state index contributed by atoms with van der Waals surface area (Å²) in [5.74, 6) is 0. The number of pyridine rings is 1. The van der Waals surface area contributed by atoms with Gasteiger partial charge in [0.05, 0.1) is 11.5 Å². The molecule has 0 aliphatic carbocycles. The third-order valence-electron chi connectivity index (χ3n) is 1.92. The average Bonchev–Trinajstić information content (AvgIpc) is 2.16. The Bertz CT molecular complexity index is 396. The minimum atomic E-state index is -2.96. The minimum Gasteiger partial charge on any atom is -0.390 e. The van der Waals surface area contributed by atoms with E-state index in [-0.39, 0.29) is 11.3 Å². The third kappa shape index (κ3) is 2.07. The maximum atomic E-state index is 12.6. The predicted molar refractivity (Wildman–Crippen MR) is 46.5 cm³/mol. The molecule has 1 heterocycles. The predicted octanol–water partition coefficient (Wildman–Crippen LogP) is 1.73. The Morgan fingerprint density at radius 1 is 1.67 bits per heavy atom. The molecule has 7 heteroatoms. The van der Waals surface area contributed by atoms with Gasteiger partial charge < -0.3 is 5.11 Å². The number of hydrogen-bond acceptors (Lipinski definition) is 4. The summed E-state index contributed by atoms with van der Waals surface area (Å²) in [6, 6.07) is 0. The number of aliphatic hydroxyl groups is 1. The van der Waals surface area contributed by atoms with Crippen LogP contribution in [0.3, 0.4) is 0 Å². The van der Waals surface area contributed by atoms with Crippen molar-refractivity contribution in [2.75, 3.05) is 0 Å². The van der Waals surface area contributed by atoms with E-state index >= 15 is 0 Å². The van der Waals surface area contributed by atoms with Crippen molar-refractivity contribution in [3.63, 3.8) is 0 Å². The van der Waals surface area contributed by atoms with E-state index in [1.807, 2.05) is 0 Å². The first-order valence-electron chi connectivity index (χ1n) is 4.00. The van der Waals surface area contributed by atoms with Gasteiger partial charge in [-0.1, -0.05) is 0 Å². The summed E-state index contributed by atoms with van der Waals surface area (Å²) in [4.78, 5) is 13.2. The highest BCUT2D eigenvalue weighted by Crippen LogP contribution is 2.33. The van der Waals surface area contributed by atoms with Crippen molar-refractivity contribution in [2.45, 2.75) is 20.0 Å². The van der Waals surface area contributed by atoms with Gasteiger partial charge in [0, 0.05) is 6.20 Å². The monoisotopic (exact) mass is 218 g/mol. The van der Waals surface area contributed by atoms with E-state index in [1.165, 1.54) is 6.92 Å². The van der Waals surface area contributed by atoms with Crippen molar-refractivity contribution in [2.24, 2.45) is 0 Å². The van der Waals surface area contributed by atoms with Crippen LogP contribution >= 0.6 is 0 Å². The molecule has 0 bridgehead atoms. The smallest absolute Gasteiger partial charge is 0.302 e. The first kappa shape index (κ1) is 11.4. The first-order valence-corrected chi connectivity index (χ1v) is 4.00. The lowest BCUT2D eigenvalue weighted by Crippen LogP contribution is -2.05. The molecule has 0 amide bonds. The van der Waals surface area contributed by atoms with Gasteiger partial charge in [0.2, 0.25) is 0 Å². The largest absolute Gasteiger partial charge is 0.390 e. The summed E-state index contributed by atoms with van der Waals surface area (Å²) in [6.07, 6.45) is -1.88. The highest BCUT2D eigenvalue weighted by molar-refractivity contribution is 5.48. The summed E-state index contributed by atoms with van der Waals surface area (Å²) < 4.78 is 25.1. The molecule has 82 valence electrons. The summed E-state index contributed by atoms with van der Waals surface area (Å²) in [6.45, 7) is 0.568. The number of nitrogens with zero attached hydrogens (tertiary/aromatic N) is 2. The molecule has 0 aromatic carbocycles. The van der Waals surface area contributed by atoms with E-state index in [0.717, 1.165) is 6.20 Å². The van der Waals surface area contributed by atoms with Gasteiger partial charge in [0.1, 0.15) is 11.3 Å². The van der Waals surface area contributed by atoms with E-state index in [4.69, 9.17) is 5.11 Å². The van der Waals surface area contributed by atoms with Crippen LogP contribution in [-0.2, 0) is 6.61 Å². The number of nitro groups is 1. The fourth-order valence-electron chi connectivity index (χ4n) is 1.24. The number of halogens is 2. The number of rotatable bonds is 3. The fraction of sp³-hybridized carbons (Fsp3) is 0.375. The van der Waals surface area contributed by atoms with Crippen LogP contribution in [0.1, 0.15) is 23.2 Å². The van der Waals surface area contributed by atoms with Gasteiger partial charge in [-0.05, 0) is 12.5 Å². The Labute approximate surface area is 83.5 Å². The Kier molecular flexibility index (Phi) is 3.25. The highest BCUT2D eigenvalue weighted by atomic mass is 19.3. The van der Waals surface area contributed by atoms with E-state index < -0.39 is 29.2 Å². The maximum absolute atomic E-state index is 12.6. The number of aliphatic hydroxyl groups excluding tert-OH is 1. The molecule has 0 saturated heterocycles. The molecule has 5 nitrogen and oxygen atoms in total. The second-order valence-corrected chi connectivity index (χ2v) is 2.87. The molecular formula is C8H8F2N2O3. The van der Waals surface area contributed by atoms with E-state index in [2.05, 4.69) is 4.98 Å². The number of aromatic nitrogens is 1. The molecule has 0 spiro atoms. The number of alkyl halides is 2. The molecule has 0 radical (unpaired) electrons. The van der Waals surface area contributed by atoms with Crippen LogP contribution in [0.15, 0.2) is 6.20 Å². The van der Waals surface area contributed by atoms with Gasteiger partial charge in [0.15, 0.2) is 0 Å². The summed E-state index contributed by atoms with van der Waals surface area (Å²) >= 11 is 0. The van der Waals surface area contributed by atoms with Crippen molar-refractivity contribution < 1.29 is 18.8 Å². The molecule has 1 N–H and O–H groups in total. The van der Waals surface area contributed by atoms with Crippen molar-refractivity contribution >= 4 is 5.69 Å². The molecule has 0 saturated carbocycles. The fourth-order valence-corrected chi connectivity index (χ4v) is 1.24. The van der Waals surface area contributed by atoms with Crippen molar-refractivity contribution in [1.29, 1.82) is 0 Å². The van der Waals surface area contributed by atoms with Crippen LogP contribution < -0.4 is 0 Å². The lowest BCUT2D eigenvalue weighted by molar-refractivity contribution is -0.387. The van der Waals surface area contributed by atoms with Crippen LogP contribution in [0.4, 0.5) is 14.5 Å². The van der Waals surface area contributed by atoms with Gasteiger partial charge >= 0.3 is 5.69 Å². The van der Waals surface area contributed by atoms with Gasteiger partial charge in [-0.2, -0.15) is 0 Å². The Morgan fingerprint density at radius 2 is 2.27 bits per heavy atom. The lowest BCUT2D eigenvalue weighted by atomic mass is 10.1. The standard InChI is InChI=1S/C8H8F2N2O3/c1-4-2-11-5(3-13)7(12(14)15)6(4)8(9)10/h2,8,13H,3H2,1H3. The Balaban J connectivity index is 3.51. The maximum Gasteiger partial charge on any atom is 0.302 e. The van der Waals surface area contributed by atoms with Crippen LogP contribution in [0.2, 0.25) is 0 Å². The second kappa shape index (κ2) is 4.26. The zero-order chi connectivity index (χ0) is 11.6.